The molecule has 1 aromatic heterocycles. The van der Waals surface area contributed by atoms with E-state index in [4.69, 9.17) is 27.6 Å². The highest BCUT2D eigenvalue weighted by molar-refractivity contribution is 7.72. The van der Waals surface area contributed by atoms with Crippen molar-refractivity contribution in [1.29, 1.82) is 0 Å². The summed E-state index contributed by atoms with van der Waals surface area (Å²) >= 11 is 0. The minimum Gasteiger partial charge on any atom is -0.497 e. The van der Waals surface area contributed by atoms with Crippen LogP contribution in [-0.4, -0.2) is 48.6 Å². The van der Waals surface area contributed by atoms with E-state index in [9.17, 15) is 9.13 Å². The quantitative estimate of drug-likeness (QED) is 0.143. The molecule has 240 valence electrons. The van der Waals surface area contributed by atoms with Crippen LogP contribution in [0.4, 0.5) is 0 Å². The van der Waals surface area contributed by atoms with Crippen LogP contribution >= 0.6 is 15.2 Å². The predicted molar refractivity (Wildman–Crippen MR) is 174 cm³/mol. The van der Waals surface area contributed by atoms with Gasteiger partial charge in [-0.25, -0.2) is 0 Å². The largest absolute Gasteiger partial charge is 0.497 e. The molecule has 1 heterocycles. The van der Waals surface area contributed by atoms with Gasteiger partial charge in [0, 0.05) is 18.0 Å². The lowest BCUT2D eigenvalue weighted by Gasteiger charge is -2.35. The molecule has 43 heavy (non-hydrogen) atoms. The highest BCUT2D eigenvalue weighted by Crippen LogP contribution is 2.73. The number of aromatic nitrogens is 1. The molecule has 0 fully saturated rings. The molecule has 0 unspecified atom stereocenters. The molecule has 0 aliphatic rings. The van der Waals surface area contributed by atoms with Crippen LogP contribution in [0.25, 0.3) is 22.2 Å². The van der Waals surface area contributed by atoms with Gasteiger partial charge in [0.05, 0.1) is 49.8 Å². The first-order chi connectivity index (χ1) is 20.1. The van der Waals surface area contributed by atoms with Gasteiger partial charge in [0.15, 0.2) is 5.40 Å². The SMILES string of the molecule is COc1ccc(-c2c(C)c3ccc(OC)cc3n2CCC(P(=O)(OC(C)C)OC(C)C)P(=O)(OC(C)C)OC(C)C)cc1. The molecule has 0 atom stereocenters. The lowest BCUT2D eigenvalue weighted by atomic mass is 10.1. The van der Waals surface area contributed by atoms with Crippen molar-refractivity contribution in [2.75, 3.05) is 14.2 Å². The molecule has 0 saturated heterocycles. The first-order valence-corrected chi connectivity index (χ1v) is 18.1. The van der Waals surface area contributed by atoms with Crippen molar-refractivity contribution in [2.45, 2.75) is 105 Å². The van der Waals surface area contributed by atoms with Gasteiger partial charge in [0.1, 0.15) is 11.5 Å². The molecule has 0 aliphatic heterocycles. The summed E-state index contributed by atoms with van der Waals surface area (Å²) in [4.78, 5) is 0. The maximum absolute atomic E-state index is 14.7. The first-order valence-electron chi connectivity index (χ1n) is 14.9. The Labute approximate surface area is 257 Å². The summed E-state index contributed by atoms with van der Waals surface area (Å²) in [5.74, 6) is 1.46. The molecule has 0 N–H and O–H groups in total. The van der Waals surface area contributed by atoms with Crippen LogP contribution in [0.3, 0.4) is 0 Å². The number of hydrogen-bond donors (Lipinski definition) is 0. The zero-order chi connectivity index (χ0) is 32.1. The van der Waals surface area contributed by atoms with Crippen molar-refractivity contribution < 1.29 is 36.7 Å². The molecule has 3 aromatic rings. The average molecular weight is 638 g/mol. The van der Waals surface area contributed by atoms with Gasteiger partial charge in [-0.1, -0.05) is 0 Å². The van der Waals surface area contributed by atoms with Crippen LogP contribution < -0.4 is 9.47 Å². The monoisotopic (exact) mass is 637 g/mol. The van der Waals surface area contributed by atoms with Crippen molar-refractivity contribution in [3.05, 3.63) is 48.0 Å². The first kappa shape index (κ1) is 35.4. The second-order valence-corrected chi connectivity index (χ2v) is 16.4. The summed E-state index contributed by atoms with van der Waals surface area (Å²) < 4.78 is 66.7. The molecule has 0 aliphatic carbocycles. The van der Waals surface area contributed by atoms with Gasteiger partial charge in [-0.2, -0.15) is 0 Å². The van der Waals surface area contributed by atoms with E-state index < -0.39 is 45.0 Å². The third-order valence-electron chi connectivity index (χ3n) is 6.66. The Morgan fingerprint density at radius 3 is 1.53 bits per heavy atom. The normalized spacial score (nSPS) is 12.9. The molecule has 0 spiro atoms. The summed E-state index contributed by atoms with van der Waals surface area (Å²) in [5.41, 5.74) is 3.94. The van der Waals surface area contributed by atoms with Gasteiger partial charge in [-0.05, 0) is 116 Å². The van der Waals surface area contributed by atoms with Gasteiger partial charge < -0.3 is 32.1 Å². The Morgan fingerprint density at radius 2 is 1.12 bits per heavy atom. The lowest BCUT2D eigenvalue weighted by Crippen LogP contribution is -2.25. The van der Waals surface area contributed by atoms with E-state index in [1.54, 1.807) is 69.6 Å². The predicted octanol–water partition coefficient (Wildman–Crippen LogP) is 9.44. The maximum Gasteiger partial charge on any atom is 0.346 e. The molecule has 11 heteroatoms. The Hall–Kier alpha value is -2.12. The zero-order valence-corrected chi connectivity index (χ0v) is 29.2. The molecular weight excluding hydrogens is 588 g/mol. The van der Waals surface area contributed by atoms with Gasteiger partial charge in [0.25, 0.3) is 0 Å². The van der Waals surface area contributed by atoms with Gasteiger partial charge >= 0.3 is 15.2 Å². The topological polar surface area (TPSA) is 94.5 Å². The van der Waals surface area contributed by atoms with Crippen molar-refractivity contribution in [3.63, 3.8) is 0 Å². The summed E-state index contributed by atoms with van der Waals surface area (Å²) in [6.45, 7) is 16.6. The van der Waals surface area contributed by atoms with Gasteiger partial charge in [-0.3, -0.25) is 9.13 Å². The average Bonchev–Trinajstić information content (AvgIpc) is 3.17. The minimum absolute atomic E-state index is 0.136. The Morgan fingerprint density at radius 1 is 0.674 bits per heavy atom. The van der Waals surface area contributed by atoms with E-state index >= 15 is 0 Å². The van der Waals surface area contributed by atoms with Crippen molar-refractivity contribution in [3.8, 4) is 22.8 Å². The molecule has 0 bridgehead atoms. The number of aryl methyl sites for hydroxylation is 2. The van der Waals surface area contributed by atoms with E-state index in [0.29, 0.717) is 12.3 Å². The third kappa shape index (κ3) is 8.54. The van der Waals surface area contributed by atoms with Crippen LogP contribution in [0.15, 0.2) is 42.5 Å². The van der Waals surface area contributed by atoms with E-state index in [-0.39, 0.29) is 6.42 Å². The van der Waals surface area contributed by atoms with Crippen LogP contribution in [0.2, 0.25) is 0 Å². The van der Waals surface area contributed by atoms with Crippen LogP contribution in [0, 0.1) is 6.92 Å². The number of ether oxygens (including phenoxy) is 2. The molecule has 9 nitrogen and oxygen atoms in total. The van der Waals surface area contributed by atoms with E-state index in [2.05, 4.69) is 11.5 Å². The van der Waals surface area contributed by atoms with Crippen LogP contribution in [0.1, 0.15) is 67.4 Å². The highest BCUT2D eigenvalue weighted by Gasteiger charge is 2.52. The van der Waals surface area contributed by atoms with Crippen LogP contribution in [0.5, 0.6) is 11.5 Å². The second kappa shape index (κ2) is 14.8. The Kier molecular flexibility index (Phi) is 12.1. The number of methoxy groups -OCH3 is 2. The van der Waals surface area contributed by atoms with Gasteiger partial charge in [0.2, 0.25) is 0 Å². The van der Waals surface area contributed by atoms with Crippen LogP contribution in [-0.2, 0) is 33.8 Å². The van der Waals surface area contributed by atoms with Crippen molar-refractivity contribution >= 4 is 26.1 Å². The summed E-state index contributed by atoms with van der Waals surface area (Å²) in [7, 11) is -4.83. The number of nitrogens with zero attached hydrogens (tertiary/aromatic N) is 1. The fourth-order valence-corrected chi connectivity index (χ4v) is 11.1. The molecule has 0 amide bonds. The summed E-state index contributed by atoms with van der Waals surface area (Å²) in [5, 5.41) is -0.134. The number of benzene rings is 2. The number of rotatable bonds is 16. The Balaban J connectivity index is 2.26. The summed E-state index contributed by atoms with van der Waals surface area (Å²) in [6, 6.07) is 13.8. The second-order valence-electron chi connectivity index (χ2n) is 11.7. The maximum atomic E-state index is 14.7. The minimum atomic E-state index is -4.05. The Bertz CT molecular complexity index is 1380. The highest BCUT2D eigenvalue weighted by atomic mass is 31.2. The molecule has 0 radical (unpaired) electrons. The number of fused-ring (bicyclic) bond motifs is 1. The zero-order valence-electron chi connectivity index (χ0n) is 27.5. The van der Waals surface area contributed by atoms with E-state index in [1.807, 2.05) is 42.5 Å². The lowest BCUT2D eigenvalue weighted by molar-refractivity contribution is 0.121. The van der Waals surface area contributed by atoms with Crippen molar-refractivity contribution in [2.24, 2.45) is 0 Å². The summed E-state index contributed by atoms with van der Waals surface area (Å²) in [6.07, 6.45) is -1.67. The fraction of sp³-hybridized carbons (Fsp3) is 0.562. The van der Waals surface area contributed by atoms with Crippen molar-refractivity contribution in [1.82, 2.24) is 4.57 Å². The van der Waals surface area contributed by atoms with E-state index in [0.717, 1.165) is 33.5 Å². The third-order valence-corrected chi connectivity index (χ3v) is 13.2. The standard InChI is InChI=1S/C32H49NO8P2/c1-21(2)38-42(34,39-22(3)4)31(43(35,40-23(5)6)41-24(7)8)18-19-33-30-20-28(37-11)16-17-29(30)25(9)32(33)26-12-14-27(36-10)15-13-26/h12-17,20-24,31H,18-19H2,1-11H3. The molecular formula is C32H49NO8P2. The van der Waals surface area contributed by atoms with E-state index in [1.165, 1.54) is 0 Å². The molecule has 3 rings (SSSR count). The molecule has 0 saturated carbocycles. The smallest absolute Gasteiger partial charge is 0.346 e. The van der Waals surface area contributed by atoms with Gasteiger partial charge in [-0.15, -0.1) is 0 Å². The fourth-order valence-electron chi connectivity index (χ4n) is 5.22. The molecule has 2 aromatic carbocycles. The number of hydrogen-bond acceptors (Lipinski definition) is 8.